The maximum atomic E-state index is 11.3. The van der Waals surface area contributed by atoms with Gasteiger partial charge in [-0.2, -0.15) is 0 Å². The van der Waals surface area contributed by atoms with Gasteiger partial charge in [-0.25, -0.2) is 9.78 Å². The molecule has 0 aliphatic rings. The summed E-state index contributed by atoms with van der Waals surface area (Å²) in [6.45, 7) is 0.539. The molecule has 0 unspecified atom stereocenters. The number of anilines is 1. The van der Waals surface area contributed by atoms with Crippen molar-refractivity contribution >= 4 is 23.3 Å². The number of nitrogens with zero attached hydrogens (tertiary/aromatic N) is 2. The van der Waals surface area contributed by atoms with E-state index < -0.39 is 5.97 Å². The molecule has 0 aliphatic carbocycles. The van der Waals surface area contributed by atoms with Crippen LogP contribution in [0.3, 0.4) is 0 Å². The minimum Gasteiger partial charge on any atom is -0.476 e. The minimum absolute atomic E-state index is 0.107. The van der Waals surface area contributed by atoms with Gasteiger partial charge in [0.25, 0.3) is 0 Å². The molecule has 7 nitrogen and oxygen atoms in total. The van der Waals surface area contributed by atoms with Crippen molar-refractivity contribution in [1.29, 1.82) is 0 Å². The monoisotopic (exact) mass is 276 g/mol. The van der Waals surface area contributed by atoms with Crippen LogP contribution in [0.15, 0.2) is 24.4 Å². The molecule has 1 amide bonds. The number of carboxylic acid groups (broad SMARTS) is 1. The molecule has 106 valence electrons. The quantitative estimate of drug-likeness (QED) is 0.656. The summed E-state index contributed by atoms with van der Waals surface area (Å²) in [5.41, 5.74) is 5.73. The van der Waals surface area contributed by atoms with E-state index in [2.05, 4.69) is 10.3 Å². The van der Waals surface area contributed by atoms with E-state index in [9.17, 15) is 14.7 Å². The highest BCUT2D eigenvalue weighted by atomic mass is 16.4. The lowest BCUT2D eigenvalue weighted by Gasteiger charge is -2.04. The molecule has 0 fully saturated rings. The first kappa shape index (κ1) is 13.9. The lowest BCUT2D eigenvalue weighted by Crippen LogP contribution is -2.12. The van der Waals surface area contributed by atoms with Crippen molar-refractivity contribution in [2.24, 2.45) is 5.73 Å². The lowest BCUT2D eigenvalue weighted by atomic mass is 10.2. The predicted molar refractivity (Wildman–Crippen MR) is 73.7 cm³/mol. The first-order valence-electron chi connectivity index (χ1n) is 6.32. The number of hydrogen-bond donors (Lipinski definition) is 3. The first-order valence-corrected chi connectivity index (χ1v) is 6.32. The average Bonchev–Trinajstić information content (AvgIpc) is 2.76. The number of carboxylic acids is 1. The molecule has 7 heteroatoms. The van der Waals surface area contributed by atoms with Gasteiger partial charge in [-0.05, 0) is 25.0 Å². The number of nitrogens with two attached hydrogens (primary N) is 1. The zero-order valence-corrected chi connectivity index (χ0v) is 10.9. The third kappa shape index (κ3) is 3.05. The molecule has 2 aromatic heterocycles. The zero-order valence-electron chi connectivity index (χ0n) is 10.9. The van der Waals surface area contributed by atoms with Gasteiger partial charge in [0.2, 0.25) is 5.91 Å². The number of carbonyl (C=O) groups is 2. The van der Waals surface area contributed by atoms with E-state index in [0.29, 0.717) is 30.9 Å². The summed E-state index contributed by atoms with van der Waals surface area (Å²) in [4.78, 5) is 26.2. The smallest absolute Gasteiger partial charge is 0.356 e. The number of unbranched alkanes of at least 4 members (excludes halogenated alkanes) is 1. The number of primary amides is 1. The Morgan fingerprint density at radius 1 is 1.35 bits per heavy atom. The highest BCUT2D eigenvalue weighted by Crippen LogP contribution is 2.17. The first-order chi connectivity index (χ1) is 9.59. The van der Waals surface area contributed by atoms with Gasteiger partial charge in [0.1, 0.15) is 5.65 Å². The number of rotatable bonds is 7. The lowest BCUT2D eigenvalue weighted by molar-refractivity contribution is -0.118. The van der Waals surface area contributed by atoms with Crippen LogP contribution in [0.2, 0.25) is 0 Å². The summed E-state index contributed by atoms with van der Waals surface area (Å²) < 4.78 is 1.52. The van der Waals surface area contributed by atoms with Gasteiger partial charge in [-0.3, -0.25) is 9.20 Å². The van der Waals surface area contributed by atoms with E-state index in [1.165, 1.54) is 4.40 Å². The van der Waals surface area contributed by atoms with Gasteiger partial charge in [-0.1, -0.05) is 6.07 Å². The number of aromatic carboxylic acids is 1. The van der Waals surface area contributed by atoms with Crippen LogP contribution in [0.1, 0.15) is 29.8 Å². The van der Waals surface area contributed by atoms with Crippen LogP contribution < -0.4 is 11.1 Å². The molecule has 20 heavy (non-hydrogen) atoms. The topological polar surface area (TPSA) is 110 Å². The van der Waals surface area contributed by atoms with Crippen LogP contribution in [0, 0.1) is 0 Å². The third-order valence-corrected chi connectivity index (χ3v) is 2.87. The summed E-state index contributed by atoms with van der Waals surface area (Å²) in [6.07, 6.45) is 3.37. The van der Waals surface area contributed by atoms with Gasteiger partial charge in [-0.15, -0.1) is 0 Å². The molecule has 0 aromatic carbocycles. The molecule has 0 aliphatic heterocycles. The maximum absolute atomic E-state index is 11.3. The Morgan fingerprint density at radius 2 is 2.15 bits per heavy atom. The Balaban J connectivity index is 2.07. The molecule has 0 saturated carbocycles. The Morgan fingerprint density at radius 3 is 2.85 bits per heavy atom. The number of carbonyl (C=O) groups excluding carboxylic acids is 1. The fraction of sp³-hybridized carbons (Fsp3) is 0.308. The Kier molecular flexibility index (Phi) is 4.19. The highest BCUT2D eigenvalue weighted by molar-refractivity contribution is 5.92. The molecule has 2 rings (SSSR count). The third-order valence-electron chi connectivity index (χ3n) is 2.87. The number of hydrogen-bond acceptors (Lipinski definition) is 4. The molecular formula is C13H16N4O3. The molecule has 0 radical (unpaired) electrons. The Labute approximate surface area is 115 Å². The summed E-state index contributed by atoms with van der Waals surface area (Å²) in [5, 5.41) is 12.3. The van der Waals surface area contributed by atoms with Crippen molar-refractivity contribution < 1.29 is 14.7 Å². The normalized spacial score (nSPS) is 10.6. The second-order valence-corrected chi connectivity index (χ2v) is 4.39. The van der Waals surface area contributed by atoms with Crippen LogP contribution in [0.5, 0.6) is 0 Å². The fourth-order valence-electron chi connectivity index (χ4n) is 1.95. The van der Waals surface area contributed by atoms with E-state index in [-0.39, 0.29) is 11.6 Å². The summed E-state index contributed by atoms with van der Waals surface area (Å²) >= 11 is 0. The second-order valence-electron chi connectivity index (χ2n) is 4.39. The molecule has 2 heterocycles. The van der Waals surface area contributed by atoms with Crippen molar-refractivity contribution in [3.05, 3.63) is 30.1 Å². The molecule has 4 N–H and O–H groups in total. The van der Waals surface area contributed by atoms with Crippen LogP contribution >= 0.6 is 0 Å². The number of aromatic nitrogens is 2. The van der Waals surface area contributed by atoms with E-state index in [1.807, 2.05) is 0 Å². The van der Waals surface area contributed by atoms with Crippen molar-refractivity contribution in [3.8, 4) is 0 Å². The van der Waals surface area contributed by atoms with Crippen molar-refractivity contribution in [3.63, 3.8) is 0 Å². The number of nitrogens with one attached hydrogen (secondary N) is 1. The molecule has 0 atom stereocenters. The minimum atomic E-state index is -1.04. The SMILES string of the molecule is NC(=O)CCCCNc1nc2ccccn2c1C(=O)O. The van der Waals surface area contributed by atoms with Gasteiger partial charge >= 0.3 is 5.97 Å². The molecular weight excluding hydrogens is 260 g/mol. The van der Waals surface area contributed by atoms with Crippen LogP contribution in [0.25, 0.3) is 5.65 Å². The Bertz CT molecular complexity index is 636. The van der Waals surface area contributed by atoms with Gasteiger partial charge in [0.15, 0.2) is 11.5 Å². The van der Waals surface area contributed by atoms with Crippen molar-refractivity contribution in [2.45, 2.75) is 19.3 Å². The number of pyridine rings is 1. The van der Waals surface area contributed by atoms with Crippen LogP contribution in [0.4, 0.5) is 5.82 Å². The summed E-state index contributed by atoms with van der Waals surface area (Å²) in [6, 6.07) is 5.28. The number of imidazole rings is 1. The van der Waals surface area contributed by atoms with Gasteiger partial charge in [0.05, 0.1) is 0 Å². The van der Waals surface area contributed by atoms with E-state index in [4.69, 9.17) is 5.73 Å². The van der Waals surface area contributed by atoms with Gasteiger partial charge < -0.3 is 16.2 Å². The van der Waals surface area contributed by atoms with Gasteiger partial charge in [0, 0.05) is 19.2 Å². The van der Waals surface area contributed by atoms with E-state index >= 15 is 0 Å². The standard InChI is InChI=1S/C13H16N4O3/c14-9(18)5-1-3-7-15-12-11(13(19)20)17-8-4-2-6-10(17)16-12/h2,4,6,8,15H,1,3,5,7H2,(H2,14,18)(H,19,20). The predicted octanol–water partition coefficient (Wildman–Crippen LogP) is 1.10. The van der Waals surface area contributed by atoms with Crippen LogP contribution in [-0.4, -0.2) is 32.9 Å². The second kappa shape index (κ2) is 6.05. The molecule has 0 bridgehead atoms. The van der Waals surface area contributed by atoms with E-state index in [1.54, 1.807) is 24.4 Å². The molecule has 0 saturated heterocycles. The zero-order chi connectivity index (χ0) is 14.5. The number of fused-ring (bicyclic) bond motifs is 1. The summed E-state index contributed by atoms with van der Waals surface area (Å²) in [7, 11) is 0. The largest absolute Gasteiger partial charge is 0.476 e. The average molecular weight is 276 g/mol. The molecule has 0 spiro atoms. The molecule has 2 aromatic rings. The van der Waals surface area contributed by atoms with Crippen molar-refractivity contribution in [2.75, 3.05) is 11.9 Å². The Hall–Kier alpha value is -2.57. The van der Waals surface area contributed by atoms with Crippen molar-refractivity contribution in [1.82, 2.24) is 9.38 Å². The maximum Gasteiger partial charge on any atom is 0.356 e. The van der Waals surface area contributed by atoms with Crippen LogP contribution in [-0.2, 0) is 4.79 Å². The number of amides is 1. The fourth-order valence-corrected chi connectivity index (χ4v) is 1.95. The highest BCUT2D eigenvalue weighted by Gasteiger charge is 2.17. The van der Waals surface area contributed by atoms with E-state index in [0.717, 1.165) is 6.42 Å². The summed E-state index contributed by atoms with van der Waals surface area (Å²) in [5.74, 6) is -1.03.